The van der Waals surface area contributed by atoms with Crippen LogP contribution < -0.4 is 9.57 Å². The molecular weight excluding hydrogens is 355 g/mol. The summed E-state index contributed by atoms with van der Waals surface area (Å²) in [5.41, 5.74) is 1.74. The first-order valence-corrected chi connectivity index (χ1v) is 8.37. The Morgan fingerprint density at radius 3 is 2.74 bits per heavy atom. The number of amides is 1. The van der Waals surface area contributed by atoms with E-state index in [0.717, 1.165) is 26.5 Å². The van der Waals surface area contributed by atoms with Gasteiger partial charge in [-0.1, -0.05) is 23.7 Å². The topological polar surface area (TPSA) is 51.2 Å². The molecule has 1 heterocycles. The first-order valence-electron chi connectivity index (χ1n) is 6.80. The van der Waals surface area contributed by atoms with Crippen LogP contribution in [0.1, 0.15) is 10.6 Å². The van der Waals surface area contributed by atoms with Crippen molar-refractivity contribution < 1.29 is 9.53 Å². The van der Waals surface area contributed by atoms with E-state index < -0.39 is 0 Å². The van der Waals surface area contributed by atoms with Crippen molar-refractivity contribution in [3.8, 4) is 5.75 Å². The Hall–Kier alpha value is -1.82. The summed E-state index contributed by atoms with van der Waals surface area (Å²) in [5, 5.41) is 1.56. The molecule has 0 unspecified atom stereocenters. The molecule has 0 spiro atoms. The number of benzene rings is 2. The van der Waals surface area contributed by atoms with Crippen LogP contribution in [0.3, 0.4) is 0 Å². The Bertz CT molecular complexity index is 834. The molecule has 2 aromatic carbocycles. The molecule has 23 heavy (non-hydrogen) atoms. The highest BCUT2D eigenvalue weighted by Gasteiger charge is 2.06. The van der Waals surface area contributed by atoms with Gasteiger partial charge >= 0.3 is 0 Å². The van der Waals surface area contributed by atoms with Crippen LogP contribution in [-0.4, -0.2) is 10.9 Å². The van der Waals surface area contributed by atoms with Gasteiger partial charge in [0.05, 0.1) is 16.6 Å². The van der Waals surface area contributed by atoms with Crippen molar-refractivity contribution in [1.29, 1.82) is 0 Å². The van der Waals surface area contributed by atoms with Gasteiger partial charge in [0.2, 0.25) is 5.91 Å². The lowest BCUT2D eigenvalue weighted by Gasteiger charge is -2.05. The SMILES string of the molecule is O=C(Cc1ccc(OCc2nc3cc(Cl)ccc3s2)cc1)NCl. The number of aromatic nitrogens is 1. The zero-order valence-corrected chi connectivity index (χ0v) is 14.2. The molecule has 0 fully saturated rings. The average Bonchev–Trinajstić information content (AvgIpc) is 2.96. The van der Waals surface area contributed by atoms with Crippen LogP contribution in [0.25, 0.3) is 10.2 Å². The number of hydrogen-bond donors (Lipinski definition) is 1. The van der Waals surface area contributed by atoms with E-state index in [4.69, 9.17) is 28.1 Å². The van der Waals surface area contributed by atoms with Gasteiger partial charge in [-0.3, -0.25) is 9.63 Å². The minimum atomic E-state index is -0.242. The number of carbonyl (C=O) groups is 1. The molecule has 0 aliphatic rings. The second-order valence-electron chi connectivity index (χ2n) is 4.85. The zero-order chi connectivity index (χ0) is 16.2. The van der Waals surface area contributed by atoms with Gasteiger partial charge < -0.3 is 4.74 Å². The third-order valence-electron chi connectivity index (χ3n) is 3.15. The predicted molar refractivity (Wildman–Crippen MR) is 93.1 cm³/mol. The smallest absolute Gasteiger partial charge is 0.238 e. The first kappa shape index (κ1) is 16.1. The monoisotopic (exact) mass is 366 g/mol. The van der Waals surface area contributed by atoms with E-state index in [-0.39, 0.29) is 12.3 Å². The van der Waals surface area contributed by atoms with Gasteiger partial charge in [-0.2, -0.15) is 0 Å². The van der Waals surface area contributed by atoms with Crippen molar-refractivity contribution in [2.45, 2.75) is 13.0 Å². The van der Waals surface area contributed by atoms with Crippen molar-refractivity contribution in [2.24, 2.45) is 0 Å². The maximum Gasteiger partial charge on any atom is 0.238 e. The van der Waals surface area contributed by atoms with E-state index in [1.54, 1.807) is 11.3 Å². The van der Waals surface area contributed by atoms with E-state index in [1.807, 2.05) is 42.5 Å². The number of carbonyl (C=O) groups excluding carboxylic acids is 1. The number of thiazole rings is 1. The lowest BCUT2D eigenvalue weighted by Crippen LogP contribution is -2.14. The highest BCUT2D eigenvalue weighted by atomic mass is 35.5. The van der Waals surface area contributed by atoms with Crippen LogP contribution in [0.2, 0.25) is 5.02 Å². The fourth-order valence-electron chi connectivity index (χ4n) is 2.08. The summed E-state index contributed by atoms with van der Waals surface area (Å²) in [6.07, 6.45) is 0.239. The normalized spacial score (nSPS) is 10.7. The highest BCUT2D eigenvalue weighted by Crippen LogP contribution is 2.26. The minimum absolute atomic E-state index is 0.239. The summed E-state index contributed by atoms with van der Waals surface area (Å²) >= 11 is 12.8. The number of nitrogens with one attached hydrogen (secondary N) is 1. The number of nitrogens with zero attached hydrogens (tertiary/aromatic N) is 1. The van der Waals surface area contributed by atoms with Crippen LogP contribution in [0.4, 0.5) is 0 Å². The maximum atomic E-state index is 11.2. The van der Waals surface area contributed by atoms with Crippen molar-refractivity contribution in [3.63, 3.8) is 0 Å². The van der Waals surface area contributed by atoms with Crippen LogP contribution in [0.5, 0.6) is 5.75 Å². The van der Waals surface area contributed by atoms with E-state index in [2.05, 4.69) is 9.82 Å². The Morgan fingerprint density at radius 1 is 1.22 bits per heavy atom. The van der Waals surface area contributed by atoms with Crippen LogP contribution in [-0.2, 0) is 17.8 Å². The van der Waals surface area contributed by atoms with E-state index in [1.165, 1.54) is 0 Å². The lowest BCUT2D eigenvalue weighted by molar-refractivity contribution is -0.118. The first-order chi connectivity index (χ1) is 11.1. The fourth-order valence-corrected chi connectivity index (χ4v) is 3.17. The molecule has 0 atom stereocenters. The van der Waals surface area contributed by atoms with Gasteiger partial charge in [0.15, 0.2) is 0 Å². The molecule has 0 radical (unpaired) electrons. The molecule has 4 nitrogen and oxygen atoms in total. The van der Waals surface area contributed by atoms with Crippen molar-refractivity contribution >= 4 is 50.8 Å². The second kappa shape index (κ2) is 7.17. The summed E-state index contributed by atoms with van der Waals surface area (Å²) in [5.74, 6) is 0.478. The number of ether oxygens (including phenoxy) is 1. The minimum Gasteiger partial charge on any atom is -0.486 e. The quantitative estimate of drug-likeness (QED) is 0.683. The number of fused-ring (bicyclic) bond motifs is 1. The molecule has 118 valence electrons. The van der Waals surface area contributed by atoms with Crippen molar-refractivity contribution in [3.05, 3.63) is 58.1 Å². The molecule has 0 aliphatic heterocycles. The molecule has 0 saturated carbocycles. The molecule has 0 saturated heterocycles. The van der Waals surface area contributed by atoms with E-state index in [0.29, 0.717) is 11.6 Å². The summed E-state index contributed by atoms with van der Waals surface area (Å²) in [6.45, 7) is 0.387. The molecule has 1 aromatic heterocycles. The van der Waals surface area contributed by atoms with Crippen LogP contribution in [0, 0.1) is 0 Å². The third-order valence-corrected chi connectivity index (χ3v) is 4.61. The molecule has 1 amide bonds. The summed E-state index contributed by atoms with van der Waals surface area (Å²) in [6, 6.07) is 13.0. The van der Waals surface area contributed by atoms with Crippen LogP contribution in [0.15, 0.2) is 42.5 Å². The van der Waals surface area contributed by atoms with Gasteiger partial charge in [-0.05, 0) is 35.9 Å². The Balaban J connectivity index is 1.63. The molecule has 1 N–H and O–H groups in total. The molecule has 7 heteroatoms. The maximum absolute atomic E-state index is 11.2. The fraction of sp³-hybridized carbons (Fsp3) is 0.125. The molecule has 3 rings (SSSR count). The van der Waals surface area contributed by atoms with E-state index in [9.17, 15) is 4.79 Å². The Kier molecular flexibility index (Phi) is 5.00. The van der Waals surface area contributed by atoms with E-state index >= 15 is 0 Å². The largest absolute Gasteiger partial charge is 0.486 e. The summed E-state index contributed by atoms with van der Waals surface area (Å²) < 4.78 is 6.81. The summed E-state index contributed by atoms with van der Waals surface area (Å²) in [4.78, 5) is 17.8. The second-order valence-corrected chi connectivity index (χ2v) is 6.59. The van der Waals surface area contributed by atoms with Gasteiger partial charge in [-0.15, -0.1) is 11.3 Å². The molecule has 3 aromatic rings. The Morgan fingerprint density at radius 2 is 2.00 bits per heavy atom. The molecular formula is C16H12Cl2N2O2S. The number of rotatable bonds is 5. The highest BCUT2D eigenvalue weighted by molar-refractivity contribution is 7.18. The standard InChI is InChI=1S/C16H12Cl2N2O2S/c17-11-3-6-14-13(8-11)19-16(23-14)9-22-12-4-1-10(2-5-12)7-15(21)20-18/h1-6,8H,7,9H2,(H,20,21). The van der Waals surface area contributed by atoms with Crippen molar-refractivity contribution in [1.82, 2.24) is 9.82 Å². The van der Waals surface area contributed by atoms with Gasteiger partial charge in [0.1, 0.15) is 17.4 Å². The molecule has 0 aliphatic carbocycles. The number of hydrogen-bond acceptors (Lipinski definition) is 4. The predicted octanol–water partition coefficient (Wildman–Crippen LogP) is 4.34. The summed E-state index contributed by atoms with van der Waals surface area (Å²) in [7, 11) is 0. The molecule has 0 bridgehead atoms. The van der Waals surface area contributed by atoms with Crippen molar-refractivity contribution in [2.75, 3.05) is 0 Å². The Labute approximate surface area is 147 Å². The third kappa shape index (κ3) is 4.13. The van der Waals surface area contributed by atoms with Gasteiger partial charge in [0.25, 0.3) is 0 Å². The zero-order valence-electron chi connectivity index (χ0n) is 11.9. The van der Waals surface area contributed by atoms with Gasteiger partial charge in [0, 0.05) is 16.8 Å². The average molecular weight is 367 g/mol. The van der Waals surface area contributed by atoms with Gasteiger partial charge in [-0.25, -0.2) is 4.98 Å². The number of halogens is 2. The van der Waals surface area contributed by atoms with Crippen LogP contribution >= 0.6 is 34.7 Å². The lowest BCUT2D eigenvalue weighted by atomic mass is 10.1.